The topological polar surface area (TPSA) is 16.4 Å². The van der Waals surface area contributed by atoms with Crippen LogP contribution in [0.1, 0.15) is 25.0 Å². The largest absolute Gasteiger partial charge is 0.456 e. The molecule has 1 aliphatic rings. The number of nitrogens with zero attached hydrogens (tertiary/aromatic N) is 1. The van der Waals surface area contributed by atoms with Gasteiger partial charge >= 0.3 is 0 Å². The van der Waals surface area contributed by atoms with Crippen molar-refractivity contribution in [2.45, 2.75) is 19.3 Å². The summed E-state index contributed by atoms with van der Waals surface area (Å²) in [6.45, 7) is 4.70. The van der Waals surface area contributed by atoms with E-state index >= 15 is 0 Å². The van der Waals surface area contributed by atoms with Gasteiger partial charge in [0.15, 0.2) is 0 Å². The predicted octanol–water partition coefficient (Wildman–Crippen LogP) is 12.9. The summed E-state index contributed by atoms with van der Waals surface area (Å²) in [7, 11) is 0. The molecule has 0 N–H and O–H groups in total. The van der Waals surface area contributed by atoms with Crippen molar-refractivity contribution >= 4 is 81.3 Å². The van der Waals surface area contributed by atoms with Crippen LogP contribution in [0, 0.1) is 0 Å². The number of hydrogen-bond donors (Lipinski definition) is 0. The smallest absolute Gasteiger partial charge is 0.137 e. The second-order valence-corrected chi connectivity index (χ2v) is 14.0. The maximum atomic E-state index is 6.44. The Bertz CT molecular complexity index is 2690. The molecule has 0 atom stereocenters. The van der Waals surface area contributed by atoms with Crippen LogP contribution in [0.2, 0.25) is 0 Å². The number of furan rings is 1. The summed E-state index contributed by atoms with van der Waals surface area (Å²) in [6.07, 6.45) is 0. The zero-order chi connectivity index (χ0) is 30.6. The van der Waals surface area contributed by atoms with Gasteiger partial charge in [-0.2, -0.15) is 0 Å². The van der Waals surface area contributed by atoms with E-state index in [1.807, 2.05) is 17.4 Å². The van der Waals surface area contributed by atoms with Crippen molar-refractivity contribution in [1.29, 1.82) is 0 Å². The molecular formula is C43H29NOS. The SMILES string of the molecule is CC1(C)c2ccccc2-c2ccc(N(c3ccc4c(c3)oc3ccccc34)c3cc4c5ccccc5sc4c4ccccc34)cc21. The molecule has 7 aromatic carbocycles. The van der Waals surface area contributed by atoms with Crippen LogP contribution in [0.5, 0.6) is 0 Å². The van der Waals surface area contributed by atoms with Crippen LogP contribution >= 0.6 is 11.3 Å². The van der Waals surface area contributed by atoms with Gasteiger partial charge in [-0.1, -0.05) is 105 Å². The Morgan fingerprint density at radius 2 is 1.15 bits per heavy atom. The van der Waals surface area contributed by atoms with Crippen molar-refractivity contribution in [2.24, 2.45) is 0 Å². The number of thiophene rings is 1. The van der Waals surface area contributed by atoms with Crippen molar-refractivity contribution in [2.75, 3.05) is 4.90 Å². The molecule has 2 aromatic heterocycles. The van der Waals surface area contributed by atoms with Gasteiger partial charge in [0.2, 0.25) is 0 Å². The highest BCUT2D eigenvalue weighted by Gasteiger charge is 2.36. The fourth-order valence-corrected chi connectivity index (χ4v) is 9.05. The van der Waals surface area contributed by atoms with Crippen molar-refractivity contribution in [3.63, 3.8) is 0 Å². The van der Waals surface area contributed by atoms with Gasteiger partial charge in [0.25, 0.3) is 0 Å². The summed E-state index contributed by atoms with van der Waals surface area (Å²) in [5.41, 5.74) is 10.5. The van der Waals surface area contributed by atoms with E-state index in [-0.39, 0.29) is 5.41 Å². The van der Waals surface area contributed by atoms with Crippen molar-refractivity contribution in [1.82, 2.24) is 0 Å². The minimum Gasteiger partial charge on any atom is -0.456 e. The first-order valence-electron chi connectivity index (χ1n) is 15.9. The number of anilines is 3. The minimum atomic E-state index is -0.105. The molecule has 218 valence electrons. The summed E-state index contributed by atoms with van der Waals surface area (Å²) < 4.78 is 9.09. The zero-order valence-corrected chi connectivity index (χ0v) is 26.4. The van der Waals surface area contributed by atoms with Crippen molar-refractivity contribution in [3.8, 4) is 11.1 Å². The molecule has 0 bridgehead atoms. The Hall–Kier alpha value is -5.38. The van der Waals surface area contributed by atoms with E-state index < -0.39 is 0 Å². The summed E-state index contributed by atoms with van der Waals surface area (Å²) in [4.78, 5) is 2.44. The first-order chi connectivity index (χ1) is 22.6. The first-order valence-corrected chi connectivity index (χ1v) is 16.7. The number of para-hydroxylation sites is 1. The number of hydrogen-bond acceptors (Lipinski definition) is 3. The average Bonchev–Trinajstić information content (AvgIpc) is 3.73. The van der Waals surface area contributed by atoms with Gasteiger partial charge in [-0.15, -0.1) is 11.3 Å². The van der Waals surface area contributed by atoms with Gasteiger partial charge in [-0.3, -0.25) is 0 Å². The highest BCUT2D eigenvalue weighted by molar-refractivity contribution is 7.26. The van der Waals surface area contributed by atoms with E-state index in [0.717, 1.165) is 39.0 Å². The molecule has 0 spiro atoms. The number of rotatable bonds is 3. The second-order valence-electron chi connectivity index (χ2n) is 12.9. The number of benzene rings is 7. The highest BCUT2D eigenvalue weighted by atomic mass is 32.1. The maximum absolute atomic E-state index is 6.44. The third-order valence-corrected chi connectivity index (χ3v) is 11.3. The highest BCUT2D eigenvalue weighted by Crippen LogP contribution is 2.52. The fourth-order valence-electron chi connectivity index (χ4n) is 7.82. The summed E-state index contributed by atoms with van der Waals surface area (Å²) >= 11 is 1.88. The van der Waals surface area contributed by atoms with E-state index in [9.17, 15) is 0 Å². The third kappa shape index (κ3) is 3.52. The Kier molecular flexibility index (Phi) is 5.25. The summed E-state index contributed by atoms with van der Waals surface area (Å²) in [5, 5.41) is 7.37. The van der Waals surface area contributed by atoms with Crippen LogP contribution in [0.25, 0.3) is 64.0 Å². The van der Waals surface area contributed by atoms with Gasteiger partial charge in [0, 0.05) is 64.6 Å². The lowest BCUT2D eigenvalue weighted by molar-refractivity contribution is 0.660. The van der Waals surface area contributed by atoms with Crippen LogP contribution in [0.4, 0.5) is 17.1 Å². The zero-order valence-electron chi connectivity index (χ0n) is 25.5. The molecule has 0 amide bonds. The van der Waals surface area contributed by atoms with E-state index in [1.165, 1.54) is 53.2 Å². The first kappa shape index (κ1) is 25.9. The molecular weight excluding hydrogens is 579 g/mol. The minimum absolute atomic E-state index is 0.105. The van der Waals surface area contributed by atoms with Gasteiger partial charge in [0.05, 0.1) is 5.69 Å². The quantitative estimate of drug-likeness (QED) is 0.199. The molecule has 46 heavy (non-hydrogen) atoms. The predicted molar refractivity (Wildman–Crippen MR) is 196 cm³/mol. The van der Waals surface area contributed by atoms with Crippen LogP contribution in [-0.4, -0.2) is 0 Å². The van der Waals surface area contributed by atoms with Crippen LogP contribution in [-0.2, 0) is 5.41 Å². The van der Waals surface area contributed by atoms with E-state index in [4.69, 9.17) is 4.42 Å². The lowest BCUT2D eigenvalue weighted by Gasteiger charge is -2.29. The molecule has 3 heteroatoms. The fraction of sp³-hybridized carbons (Fsp3) is 0.0698. The molecule has 9 aromatic rings. The number of fused-ring (bicyclic) bond motifs is 11. The monoisotopic (exact) mass is 607 g/mol. The molecule has 0 saturated heterocycles. The van der Waals surface area contributed by atoms with E-state index in [1.54, 1.807) is 0 Å². The van der Waals surface area contributed by atoms with Crippen LogP contribution in [0.3, 0.4) is 0 Å². The molecule has 0 aliphatic heterocycles. The van der Waals surface area contributed by atoms with Crippen LogP contribution in [0.15, 0.2) is 144 Å². The standard InChI is InChI=1S/C43H29NOS/c1-43(2)36-16-8-5-11-28(36)29-21-19-26(23-37(29)43)44(27-20-22-32-31-13-6-9-17-39(31)45-40(32)24-27)38-25-35-33-14-7-10-18-41(33)46-42(35)34-15-4-3-12-30(34)38/h3-25H,1-2H3. The van der Waals surface area contributed by atoms with E-state index in [2.05, 4.69) is 152 Å². The van der Waals surface area contributed by atoms with Crippen molar-refractivity contribution in [3.05, 3.63) is 151 Å². The Balaban J connectivity index is 1.29. The molecule has 10 rings (SSSR count). The lowest BCUT2D eigenvalue weighted by atomic mass is 9.82. The molecule has 0 radical (unpaired) electrons. The summed E-state index contributed by atoms with van der Waals surface area (Å²) in [5.74, 6) is 0. The third-order valence-electron chi connectivity index (χ3n) is 10.0. The Labute approximate surface area is 270 Å². The average molecular weight is 608 g/mol. The molecule has 0 fully saturated rings. The molecule has 0 saturated carbocycles. The molecule has 0 unspecified atom stereocenters. The second kappa shape index (κ2) is 9.32. The molecule has 2 nitrogen and oxygen atoms in total. The normalized spacial score (nSPS) is 13.6. The molecule has 1 aliphatic carbocycles. The lowest BCUT2D eigenvalue weighted by Crippen LogP contribution is -2.16. The van der Waals surface area contributed by atoms with Crippen molar-refractivity contribution < 1.29 is 4.42 Å². The van der Waals surface area contributed by atoms with Gasteiger partial charge in [-0.25, -0.2) is 0 Å². The summed E-state index contributed by atoms with van der Waals surface area (Å²) in [6, 6.07) is 51.0. The Morgan fingerprint density at radius 3 is 2.04 bits per heavy atom. The van der Waals surface area contributed by atoms with E-state index in [0.29, 0.717) is 0 Å². The van der Waals surface area contributed by atoms with Gasteiger partial charge in [0.1, 0.15) is 11.2 Å². The van der Waals surface area contributed by atoms with Crippen LogP contribution < -0.4 is 4.90 Å². The van der Waals surface area contributed by atoms with Gasteiger partial charge < -0.3 is 9.32 Å². The molecule has 2 heterocycles. The Morgan fingerprint density at radius 1 is 0.500 bits per heavy atom. The maximum Gasteiger partial charge on any atom is 0.137 e. The van der Waals surface area contributed by atoms with Gasteiger partial charge in [-0.05, 0) is 64.7 Å².